The highest BCUT2D eigenvalue weighted by Crippen LogP contribution is 1.93. The van der Waals surface area contributed by atoms with Crippen molar-refractivity contribution in [3.8, 4) is 0 Å². The van der Waals surface area contributed by atoms with E-state index in [0.29, 0.717) is 6.54 Å². The van der Waals surface area contributed by atoms with E-state index in [1.165, 1.54) is 12.5 Å². The minimum atomic E-state index is 0.0171. The third-order valence-electron chi connectivity index (χ3n) is 1.67. The topological polar surface area (TPSA) is 56.9 Å². The molecule has 0 aromatic carbocycles. The first-order valence-electron chi connectivity index (χ1n) is 4.36. The number of aromatic nitrogens is 1. The maximum Gasteiger partial charge on any atom is 0.216 e. The molecule has 3 N–H and O–H groups in total. The Balaban J connectivity index is 1.99. The Morgan fingerprint density at radius 3 is 3.00 bits per heavy atom. The molecule has 0 bridgehead atoms. The fourth-order valence-corrected chi connectivity index (χ4v) is 1.03. The summed E-state index contributed by atoms with van der Waals surface area (Å²) in [6, 6.07) is 2.02. The van der Waals surface area contributed by atoms with E-state index in [1.54, 1.807) is 0 Å². The van der Waals surface area contributed by atoms with E-state index in [2.05, 4.69) is 15.6 Å². The van der Waals surface area contributed by atoms with Crippen LogP contribution < -0.4 is 10.6 Å². The number of rotatable bonds is 5. The molecule has 0 unspecified atom stereocenters. The number of aromatic amines is 1. The van der Waals surface area contributed by atoms with Gasteiger partial charge in [0.15, 0.2) is 0 Å². The first-order chi connectivity index (χ1) is 6.29. The Morgan fingerprint density at radius 1 is 1.54 bits per heavy atom. The molecule has 0 atom stereocenters. The van der Waals surface area contributed by atoms with Gasteiger partial charge in [-0.15, -0.1) is 0 Å². The molecule has 0 saturated heterocycles. The Hall–Kier alpha value is -1.29. The number of H-pyrrole nitrogens is 1. The molecule has 72 valence electrons. The first-order valence-corrected chi connectivity index (χ1v) is 4.36. The summed E-state index contributed by atoms with van der Waals surface area (Å²) >= 11 is 0. The monoisotopic (exact) mass is 181 g/mol. The summed E-state index contributed by atoms with van der Waals surface area (Å²) in [5, 5.41) is 5.92. The SMILES string of the molecule is CC(=O)NCCNCc1cc[nH]c1. The smallest absolute Gasteiger partial charge is 0.216 e. The van der Waals surface area contributed by atoms with Crippen molar-refractivity contribution < 1.29 is 4.79 Å². The third-order valence-corrected chi connectivity index (χ3v) is 1.67. The zero-order valence-electron chi connectivity index (χ0n) is 7.76. The van der Waals surface area contributed by atoms with Crippen LogP contribution in [0.3, 0.4) is 0 Å². The van der Waals surface area contributed by atoms with E-state index in [4.69, 9.17) is 0 Å². The third kappa shape index (κ3) is 4.32. The first kappa shape index (κ1) is 9.80. The van der Waals surface area contributed by atoms with Gasteiger partial charge in [-0.1, -0.05) is 0 Å². The van der Waals surface area contributed by atoms with Crippen molar-refractivity contribution in [1.29, 1.82) is 0 Å². The summed E-state index contributed by atoms with van der Waals surface area (Å²) in [4.78, 5) is 13.5. The van der Waals surface area contributed by atoms with E-state index in [1.807, 2.05) is 18.5 Å². The van der Waals surface area contributed by atoms with Crippen LogP contribution in [-0.4, -0.2) is 24.0 Å². The van der Waals surface area contributed by atoms with Crippen molar-refractivity contribution in [2.45, 2.75) is 13.5 Å². The van der Waals surface area contributed by atoms with Gasteiger partial charge in [-0.2, -0.15) is 0 Å². The van der Waals surface area contributed by atoms with Gasteiger partial charge >= 0.3 is 0 Å². The van der Waals surface area contributed by atoms with Crippen molar-refractivity contribution in [2.24, 2.45) is 0 Å². The van der Waals surface area contributed by atoms with Crippen molar-refractivity contribution in [3.63, 3.8) is 0 Å². The molecule has 0 aliphatic heterocycles. The zero-order chi connectivity index (χ0) is 9.52. The standard InChI is InChI=1S/C9H15N3O/c1-8(13)12-5-4-11-7-9-2-3-10-6-9/h2-3,6,10-11H,4-5,7H2,1H3,(H,12,13). The van der Waals surface area contributed by atoms with E-state index < -0.39 is 0 Å². The maximum atomic E-state index is 10.5. The molecular formula is C9H15N3O. The molecule has 4 nitrogen and oxygen atoms in total. The van der Waals surface area contributed by atoms with Gasteiger partial charge < -0.3 is 15.6 Å². The van der Waals surface area contributed by atoms with Gasteiger partial charge in [0.1, 0.15) is 0 Å². The molecule has 1 rings (SSSR count). The van der Waals surface area contributed by atoms with Crippen LogP contribution >= 0.6 is 0 Å². The molecule has 0 aliphatic carbocycles. The summed E-state index contributed by atoms with van der Waals surface area (Å²) in [5.41, 5.74) is 1.22. The Labute approximate surface area is 77.7 Å². The number of carbonyl (C=O) groups is 1. The van der Waals surface area contributed by atoms with Gasteiger partial charge in [0, 0.05) is 39.0 Å². The summed E-state index contributed by atoms with van der Waals surface area (Å²) in [6.07, 6.45) is 3.84. The van der Waals surface area contributed by atoms with Crippen LogP contribution in [0, 0.1) is 0 Å². The summed E-state index contributed by atoms with van der Waals surface area (Å²) < 4.78 is 0. The molecule has 4 heteroatoms. The number of nitrogens with one attached hydrogen (secondary N) is 3. The van der Waals surface area contributed by atoms with Crippen LogP contribution in [0.1, 0.15) is 12.5 Å². The lowest BCUT2D eigenvalue weighted by atomic mass is 10.3. The van der Waals surface area contributed by atoms with Gasteiger partial charge in [0.25, 0.3) is 0 Å². The predicted octanol–water partition coefficient (Wildman–Crippen LogP) is 0.240. The predicted molar refractivity (Wildman–Crippen MR) is 51.2 cm³/mol. The van der Waals surface area contributed by atoms with Crippen molar-refractivity contribution in [2.75, 3.05) is 13.1 Å². The molecular weight excluding hydrogens is 166 g/mol. The molecule has 0 radical (unpaired) electrons. The minimum Gasteiger partial charge on any atom is -0.367 e. The van der Waals surface area contributed by atoms with Gasteiger partial charge in [-0.3, -0.25) is 4.79 Å². The zero-order valence-corrected chi connectivity index (χ0v) is 7.76. The lowest BCUT2D eigenvalue weighted by Crippen LogP contribution is -2.29. The fraction of sp³-hybridized carbons (Fsp3) is 0.444. The molecule has 1 amide bonds. The van der Waals surface area contributed by atoms with Gasteiger partial charge in [-0.25, -0.2) is 0 Å². The van der Waals surface area contributed by atoms with Gasteiger partial charge in [0.05, 0.1) is 0 Å². The second-order valence-electron chi connectivity index (χ2n) is 2.88. The van der Waals surface area contributed by atoms with Crippen LogP contribution in [0.25, 0.3) is 0 Å². The van der Waals surface area contributed by atoms with Crippen LogP contribution in [0.4, 0.5) is 0 Å². The van der Waals surface area contributed by atoms with Crippen LogP contribution in [0.15, 0.2) is 18.5 Å². The summed E-state index contributed by atoms with van der Waals surface area (Å²) in [5.74, 6) is 0.0171. The van der Waals surface area contributed by atoms with E-state index in [-0.39, 0.29) is 5.91 Å². The second kappa shape index (κ2) is 5.37. The Morgan fingerprint density at radius 2 is 2.38 bits per heavy atom. The average Bonchev–Trinajstić information content (AvgIpc) is 2.55. The van der Waals surface area contributed by atoms with Gasteiger partial charge in [0.2, 0.25) is 5.91 Å². The number of hydrogen-bond acceptors (Lipinski definition) is 2. The van der Waals surface area contributed by atoms with Crippen molar-refractivity contribution >= 4 is 5.91 Å². The fourth-order valence-electron chi connectivity index (χ4n) is 1.03. The lowest BCUT2D eigenvalue weighted by Gasteiger charge is -2.03. The summed E-state index contributed by atoms with van der Waals surface area (Å²) in [7, 11) is 0. The normalized spacial score (nSPS) is 9.92. The van der Waals surface area contributed by atoms with Crippen molar-refractivity contribution in [1.82, 2.24) is 15.6 Å². The number of amides is 1. The Kier molecular flexibility index (Phi) is 4.05. The van der Waals surface area contributed by atoms with E-state index in [0.717, 1.165) is 13.1 Å². The largest absolute Gasteiger partial charge is 0.367 e. The van der Waals surface area contributed by atoms with E-state index >= 15 is 0 Å². The van der Waals surface area contributed by atoms with Crippen LogP contribution in [0.2, 0.25) is 0 Å². The highest BCUT2D eigenvalue weighted by atomic mass is 16.1. The van der Waals surface area contributed by atoms with Crippen molar-refractivity contribution in [3.05, 3.63) is 24.0 Å². The molecule has 0 fully saturated rings. The second-order valence-corrected chi connectivity index (χ2v) is 2.88. The van der Waals surface area contributed by atoms with Gasteiger partial charge in [-0.05, 0) is 11.6 Å². The number of carbonyl (C=O) groups excluding carboxylic acids is 1. The maximum absolute atomic E-state index is 10.5. The molecule has 13 heavy (non-hydrogen) atoms. The quantitative estimate of drug-likeness (QED) is 0.570. The van der Waals surface area contributed by atoms with Crippen LogP contribution in [-0.2, 0) is 11.3 Å². The molecule has 1 aromatic rings. The molecule has 0 spiro atoms. The van der Waals surface area contributed by atoms with Crippen LogP contribution in [0.5, 0.6) is 0 Å². The highest BCUT2D eigenvalue weighted by Gasteiger charge is 1.92. The molecule has 1 heterocycles. The number of hydrogen-bond donors (Lipinski definition) is 3. The van der Waals surface area contributed by atoms with E-state index in [9.17, 15) is 4.79 Å². The summed E-state index contributed by atoms with van der Waals surface area (Å²) in [6.45, 7) is 3.83. The lowest BCUT2D eigenvalue weighted by molar-refractivity contribution is -0.118. The highest BCUT2D eigenvalue weighted by molar-refractivity contribution is 5.72. The molecule has 0 saturated carbocycles. The Bertz CT molecular complexity index is 243. The molecule has 0 aliphatic rings. The minimum absolute atomic E-state index is 0.0171. The molecule has 1 aromatic heterocycles. The average molecular weight is 181 g/mol.